The summed E-state index contributed by atoms with van der Waals surface area (Å²) in [5.41, 5.74) is -0.360. The average molecular weight is 418 g/mol. The molecular formula is C20H11ClF3N3O2. The van der Waals surface area contributed by atoms with Gasteiger partial charge in [-0.2, -0.15) is 13.2 Å². The van der Waals surface area contributed by atoms with E-state index >= 15 is 0 Å². The van der Waals surface area contributed by atoms with Crippen LogP contribution in [-0.4, -0.2) is 21.5 Å². The molecule has 1 aromatic heterocycles. The lowest BCUT2D eigenvalue weighted by atomic mass is 10.0. The van der Waals surface area contributed by atoms with Crippen LogP contribution >= 0.6 is 11.6 Å². The van der Waals surface area contributed by atoms with Crippen LogP contribution in [0.4, 0.5) is 18.9 Å². The van der Waals surface area contributed by atoms with Gasteiger partial charge in [0.15, 0.2) is 0 Å². The molecule has 146 valence electrons. The third-order valence-electron chi connectivity index (χ3n) is 4.32. The maximum Gasteiger partial charge on any atom is 0.416 e. The number of H-pyrrole nitrogens is 1. The summed E-state index contributed by atoms with van der Waals surface area (Å²) in [5.74, 6) is -0.939. The molecule has 0 radical (unpaired) electrons. The minimum absolute atomic E-state index is 0.0307. The van der Waals surface area contributed by atoms with Crippen LogP contribution < -0.4 is 5.32 Å². The molecule has 0 spiro atoms. The number of ketones is 2. The van der Waals surface area contributed by atoms with Gasteiger partial charge in [0.1, 0.15) is 27.9 Å². The van der Waals surface area contributed by atoms with E-state index < -0.39 is 23.3 Å². The van der Waals surface area contributed by atoms with Crippen molar-refractivity contribution in [3.8, 4) is 11.4 Å². The number of allylic oxidation sites excluding steroid dienone is 2. The monoisotopic (exact) mass is 417 g/mol. The number of aromatic nitrogens is 2. The molecule has 0 fully saturated rings. The van der Waals surface area contributed by atoms with Gasteiger partial charge in [0.2, 0.25) is 11.6 Å². The van der Waals surface area contributed by atoms with Gasteiger partial charge in [-0.05, 0) is 24.3 Å². The predicted octanol–water partition coefficient (Wildman–Crippen LogP) is 5.04. The van der Waals surface area contributed by atoms with E-state index in [-0.39, 0.29) is 27.8 Å². The minimum atomic E-state index is -4.48. The Bertz CT molecular complexity index is 1150. The number of alkyl halides is 3. The van der Waals surface area contributed by atoms with Crippen LogP contribution in [0, 0.1) is 0 Å². The summed E-state index contributed by atoms with van der Waals surface area (Å²) < 4.78 is 38.1. The molecule has 1 aliphatic rings. The Hall–Kier alpha value is -3.39. The van der Waals surface area contributed by atoms with Crippen molar-refractivity contribution in [1.29, 1.82) is 0 Å². The van der Waals surface area contributed by atoms with Crippen molar-refractivity contribution in [2.24, 2.45) is 0 Å². The van der Waals surface area contributed by atoms with E-state index in [9.17, 15) is 22.8 Å². The van der Waals surface area contributed by atoms with Crippen LogP contribution in [0.3, 0.4) is 0 Å². The van der Waals surface area contributed by atoms with E-state index in [1.165, 1.54) is 0 Å². The van der Waals surface area contributed by atoms with E-state index in [1.807, 2.05) is 6.07 Å². The largest absolute Gasteiger partial charge is 0.416 e. The number of benzene rings is 2. The highest BCUT2D eigenvalue weighted by molar-refractivity contribution is 6.50. The summed E-state index contributed by atoms with van der Waals surface area (Å²) in [4.78, 5) is 32.5. The average Bonchev–Trinajstić information content (AvgIpc) is 3.16. The predicted molar refractivity (Wildman–Crippen MR) is 101 cm³/mol. The quantitative estimate of drug-likeness (QED) is 0.626. The van der Waals surface area contributed by atoms with Crippen LogP contribution in [0.1, 0.15) is 26.5 Å². The SMILES string of the molecule is O=C1C(Nc2ccc(C(F)(F)F)cc2)=C(Cl)C(=O)c2[nH]c(-c3ccccc3)nc21. The van der Waals surface area contributed by atoms with Crippen LogP contribution in [0.2, 0.25) is 0 Å². The molecule has 2 N–H and O–H groups in total. The van der Waals surface area contributed by atoms with E-state index in [1.54, 1.807) is 24.3 Å². The number of carbonyl (C=O) groups is 2. The summed E-state index contributed by atoms with van der Waals surface area (Å²) in [7, 11) is 0. The molecule has 0 unspecified atom stereocenters. The van der Waals surface area contributed by atoms with Crippen LogP contribution in [-0.2, 0) is 6.18 Å². The second-order valence-corrected chi connectivity index (χ2v) is 6.60. The van der Waals surface area contributed by atoms with Gasteiger partial charge in [-0.1, -0.05) is 41.9 Å². The number of fused-ring (bicyclic) bond motifs is 1. The third kappa shape index (κ3) is 3.42. The molecule has 2 aromatic carbocycles. The summed E-state index contributed by atoms with van der Waals surface area (Å²) >= 11 is 6.08. The molecule has 0 aliphatic heterocycles. The molecule has 9 heteroatoms. The second-order valence-electron chi connectivity index (χ2n) is 6.22. The molecule has 4 rings (SSSR count). The Morgan fingerprint density at radius 3 is 2.21 bits per heavy atom. The van der Waals surface area contributed by atoms with Crippen molar-refractivity contribution in [2.45, 2.75) is 6.18 Å². The van der Waals surface area contributed by atoms with Gasteiger partial charge in [-0.25, -0.2) is 4.98 Å². The number of halogens is 4. The third-order valence-corrected chi connectivity index (χ3v) is 4.68. The van der Waals surface area contributed by atoms with E-state index in [2.05, 4.69) is 15.3 Å². The Morgan fingerprint density at radius 2 is 1.59 bits per heavy atom. The van der Waals surface area contributed by atoms with Crippen molar-refractivity contribution >= 4 is 28.9 Å². The van der Waals surface area contributed by atoms with Gasteiger partial charge in [0.05, 0.1) is 5.56 Å². The Morgan fingerprint density at radius 1 is 0.931 bits per heavy atom. The molecule has 0 amide bonds. The zero-order valence-corrected chi connectivity index (χ0v) is 15.2. The summed E-state index contributed by atoms with van der Waals surface area (Å²) in [6.45, 7) is 0. The zero-order valence-electron chi connectivity index (χ0n) is 14.5. The first-order chi connectivity index (χ1) is 13.8. The second kappa shape index (κ2) is 6.89. The lowest BCUT2D eigenvalue weighted by Crippen LogP contribution is -2.24. The van der Waals surface area contributed by atoms with E-state index in [0.717, 1.165) is 24.3 Å². The lowest BCUT2D eigenvalue weighted by Gasteiger charge is -2.16. The highest BCUT2D eigenvalue weighted by Crippen LogP contribution is 2.32. The molecule has 0 saturated carbocycles. The van der Waals surface area contributed by atoms with E-state index in [4.69, 9.17) is 11.6 Å². The first-order valence-electron chi connectivity index (χ1n) is 8.34. The number of imidazole rings is 1. The number of Topliss-reactive ketones (excluding diaryl/α,β-unsaturated/α-hetero) is 2. The smallest absolute Gasteiger partial charge is 0.351 e. The number of nitrogens with one attached hydrogen (secondary N) is 2. The fourth-order valence-electron chi connectivity index (χ4n) is 2.87. The number of carbonyl (C=O) groups excluding carboxylic acids is 2. The molecule has 29 heavy (non-hydrogen) atoms. The van der Waals surface area contributed by atoms with Gasteiger partial charge in [0.25, 0.3) is 0 Å². The van der Waals surface area contributed by atoms with Crippen molar-refractivity contribution in [1.82, 2.24) is 9.97 Å². The molecule has 3 aromatic rings. The molecule has 0 bridgehead atoms. The topological polar surface area (TPSA) is 74.8 Å². The molecule has 1 aliphatic carbocycles. The number of hydrogen-bond donors (Lipinski definition) is 2. The molecule has 1 heterocycles. The normalized spacial score (nSPS) is 14.2. The van der Waals surface area contributed by atoms with Gasteiger partial charge in [-0.15, -0.1) is 0 Å². The number of hydrogen-bond acceptors (Lipinski definition) is 4. The summed E-state index contributed by atoms with van der Waals surface area (Å²) in [5, 5.41) is 2.27. The van der Waals surface area contributed by atoms with Gasteiger partial charge < -0.3 is 10.3 Å². The fourth-order valence-corrected chi connectivity index (χ4v) is 3.10. The Balaban J connectivity index is 1.66. The number of aromatic amines is 1. The first kappa shape index (κ1) is 18.9. The molecule has 0 atom stereocenters. The van der Waals surface area contributed by atoms with Crippen LogP contribution in [0.5, 0.6) is 0 Å². The number of nitrogens with zero attached hydrogens (tertiary/aromatic N) is 1. The first-order valence-corrected chi connectivity index (χ1v) is 8.72. The van der Waals surface area contributed by atoms with Crippen LogP contribution in [0.25, 0.3) is 11.4 Å². The lowest BCUT2D eigenvalue weighted by molar-refractivity contribution is -0.137. The zero-order chi connectivity index (χ0) is 20.8. The summed E-state index contributed by atoms with van der Waals surface area (Å²) in [6.07, 6.45) is -4.48. The Kier molecular flexibility index (Phi) is 4.50. The molecule has 5 nitrogen and oxygen atoms in total. The molecule has 0 saturated heterocycles. The van der Waals surface area contributed by atoms with Gasteiger partial charge in [-0.3, -0.25) is 9.59 Å². The standard InChI is InChI=1S/C20H11ClF3N3O2/c21-13-14(25-12-8-6-11(7-9-12)20(22,23)24)18(29)16-15(17(13)28)26-19(27-16)10-4-2-1-3-5-10/h1-9,25H,(H,26,27). The minimum Gasteiger partial charge on any atom is -0.351 e. The molecular weight excluding hydrogens is 407 g/mol. The van der Waals surface area contributed by atoms with Gasteiger partial charge >= 0.3 is 6.18 Å². The van der Waals surface area contributed by atoms with Crippen molar-refractivity contribution in [3.63, 3.8) is 0 Å². The van der Waals surface area contributed by atoms with Crippen molar-refractivity contribution in [3.05, 3.63) is 82.3 Å². The highest BCUT2D eigenvalue weighted by atomic mass is 35.5. The highest BCUT2D eigenvalue weighted by Gasteiger charge is 2.35. The summed E-state index contributed by atoms with van der Waals surface area (Å²) in [6, 6.07) is 12.9. The fraction of sp³-hybridized carbons (Fsp3) is 0.0500. The van der Waals surface area contributed by atoms with Crippen molar-refractivity contribution in [2.75, 3.05) is 5.32 Å². The van der Waals surface area contributed by atoms with Crippen LogP contribution in [0.15, 0.2) is 65.3 Å². The number of rotatable bonds is 3. The maximum absolute atomic E-state index is 12.8. The number of anilines is 1. The Labute approximate surface area is 167 Å². The maximum atomic E-state index is 12.8. The van der Waals surface area contributed by atoms with Crippen molar-refractivity contribution < 1.29 is 22.8 Å². The van der Waals surface area contributed by atoms with Gasteiger partial charge in [0, 0.05) is 11.3 Å². The van der Waals surface area contributed by atoms with E-state index in [0.29, 0.717) is 11.4 Å².